The van der Waals surface area contributed by atoms with E-state index in [0.29, 0.717) is 0 Å². The van der Waals surface area contributed by atoms with E-state index >= 15 is 0 Å². The fourth-order valence-electron chi connectivity index (χ4n) is 2.00. The summed E-state index contributed by atoms with van der Waals surface area (Å²) in [4.78, 5) is 2.04. The predicted molar refractivity (Wildman–Crippen MR) is 48.4 cm³/mol. The van der Waals surface area contributed by atoms with Crippen molar-refractivity contribution in [3.8, 4) is 0 Å². The molecule has 1 fully saturated rings. The van der Waals surface area contributed by atoms with Gasteiger partial charge in [0.1, 0.15) is 5.72 Å². The third-order valence-corrected chi connectivity index (χ3v) is 2.75. The van der Waals surface area contributed by atoms with Crippen molar-refractivity contribution in [3.63, 3.8) is 0 Å². The highest BCUT2D eigenvalue weighted by Crippen LogP contribution is 2.33. The van der Waals surface area contributed by atoms with Crippen molar-refractivity contribution in [1.29, 1.82) is 0 Å². The van der Waals surface area contributed by atoms with E-state index in [0.717, 1.165) is 32.2 Å². The second-order valence-corrected chi connectivity index (χ2v) is 3.61. The number of hydrogen-bond donors (Lipinski definition) is 1. The summed E-state index contributed by atoms with van der Waals surface area (Å²) in [6.07, 6.45) is 12.2. The molecule has 1 N–H and O–H groups in total. The van der Waals surface area contributed by atoms with Crippen molar-refractivity contribution in [2.24, 2.45) is 0 Å². The molecule has 1 aliphatic carbocycles. The van der Waals surface area contributed by atoms with Gasteiger partial charge in [-0.2, -0.15) is 0 Å². The Kier molecular flexibility index (Phi) is 1.93. The second kappa shape index (κ2) is 2.94. The molecule has 0 aromatic rings. The molecule has 12 heavy (non-hydrogen) atoms. The van der Waals surface area contributed by atoms with Crippen molar-refractivity contribution < 1.29 is 5.11 Å². The Labute approximate surface area is 73.2 Å². The summed E-state index contributed by atoms with van der Waals surface area (Å²) in [5.74, 6) is 0. The number of rotatable bonds is 1. The molecule has 1 saturated carbocycles. The van der Waals surface area contributed by atoms with Crippen LogP contribution in [0.15, 0.2) is 24.4 Å². The molecule has 2 aliphatic rings. The van der Waals surface area contributed by atoms with Gasteiger partial charge in [-0.1, -0.05) is 12.2 Å². The lowest BCUT2D eigenvalue weighted by Gasteiger charge is -2.36. The van der Waals surface area contributed by atoms with Gasteiger partial charge in [0.05, 0.1) is 0 Å². The molecule has 2 heteroatoms. The largest absolute Gasteiger partial charge is 0.371 e. The minimum Gasteiger partial charge on any atom is -0.371 e. The van der Waals surface area contributed by atoms with Gasteiger partial charge in [-0.05, 0) is 31.8 Å². The van der Waals surface area contributed by atoms with Gasteiger partial charge in [0, 0.05) is 12.7 Å². The molecule has 0 saturated heterocycles. The summed E-state index contributed by atoms with van der Waals surface area (Å²) >= 11 is 0. The molecule has 0 radical (unpaired) electrons. The molecule has 2 nitrogen and oxygen atoms in total. The van der Waals surface area contributed by atoms with Gasteiger partial charge in [0.2, 0.25) is 0 Å². The van der Waals surface area contributed by atoms with Crippen molar-refractivity contribution in [2.45, 2.75) is 31.4 Å². The molecule has 0 atom stereocenters. The first kappa shape index (κ1) is 7.87. The van der Waals surface area contributed by atoms with Gasteiger partial charge in [-0.15, -0.1) is 0 Å². The Balaban J connectivity index is 2.07. The monoisotopic (exact) mass is 165 g/mol. The van der Waals surface area contributed by atoms with Crippen LogP contribution >= 0.6 is 0 Å². The van der Waals surface area contributed by atoms with Crippen molar-refractivity contribution in [2.75, 3.05) is 6.54 Å². The highest BCUT2D eigenvalue weighted by Gasteiger charge is 2.35. The minimum absolute atomic E-state index is 0.540. The van der Waals surface area contributed by atoms with Crippen molar-refractivity contribution in [1.82, 2.24) is 4.90 Å². The Morgan fingerprint density at radius 2 is 1.92 bits per heavy atom. The zero-order valence-corrected chi connectivity index (χ0v) is 7.24. The maximum atomic E-state index is 10.2. The summed E-state index contributed by atoms with van der Waals surface area (Å²) in [5, 5.41) is 10.2. The average Bonchev–Trinajstić information content (AvgIpc) is 2.55. The van der Waals surface area contributed by atoms with Crippen LogP contribution in [0.2, 0.25) is 0 Å². The van der Waals surface area contributed by atoms with Crippen LogP contribution in [0.25, 0.3) is 0 Å². The van der Waals surface area contributed by atoms with Crippen LogP contribution in [-0.2, 0) is 0 Å². The normalized spacial score (nSPS) is 26.6. The van der Waals surface area contributed by atoms with Gasteiger partial charge in [-0.3, -0.25) is 0 Å². The zero-order valence-electron chi connectivity index (χ0n) is 7.24. The first-order valence-corrected chi connectivity index (χ1v) is 4.64. The zero-order chi connectivity index (χ0) is 8.44. The quantitative estimate of drug-likeness (QED) is 0.638. The first-order chi connectivity index (χ1) is 5.81. The average molecular weight is 165 g/mol. The summed E-state index contributed by atoms with van der Waals surface area (Å²) in [6, 6.07) is 0. The van der Waals surface area contributed by atoms with Gasteiger partial charge in [0.15, 0.2) is 0 Å². The van der Waals surface area contributed by atoms with Crippen molar-refractivity contribution >= 4 is 0 Å². The SMILES string of the molecule is OC1(N2C=CC=CC2)CCCC1. The highest BCUT2D eigenvalue weighted by atomic mass is 16.3. The Bertz CT molecular complexity index is 214. The molecule has 0 spiro atoms. The van der Waals surface area contributed by atoms with Crippen LogP contribution in [0.4, 0.5) is 0 Å². The van der Waals surface area contributed by atoms with Crippen LogP contribution in [0, 0.1) is 0 Å². The summed E-state index contributed by atoms with van der Waals surface area (Å²) < 4.78 is 0. The second-order valence-electron chi connectivity index (χ2n) is 3.61. The highest BCUT2D eigenvalue weighted by molar-refractivity contribution is 5.11. The Morgan fingerprint density at radius 1 is 1.17 bits per heavy atom. The minimum atomic E-state index is -0.540. The van der Waals surface area contributed by atoms with E-state index in [2.05, 4.69) is 6.08 Å². The predicted octanol–water partition coefficient (Wildman–Crippen LogP) is 1.63. The lowest BCUT2D eigenvalue weighted by Crippen LogP contribution is -2.43. The number of allylic oxidation sites excluding steroid dienone is 2. The fourth-order valence-corrected chi connectivity index (χ4v) is 2.00. The summed E-state index contributed by atoms with van der Waals surface area (Å²) in [6.45, 7) is 0.854. The number of hydrogen-bond acceptors (Lipinski definition) is 2. The molecule has 0 unspecified atom stereocenters. The van der Waals surface area contributed by atoms with Crippen molar-refractivity contribution in [3.05, 3.63) is 24.4 Å². The van der Waals surface area contributed by atoms with E-state index in [-0.39, 0.29) is 0 Å². The molecule has 1 heterocycles. The molecule has 0 bridgehead atoms. The smallest absolute Gasteiger partial charge is 0.137 e. The summed E-state index contributed by atoms with van der Waals surface area (Å²) in [7, 11) is 0. The van der Waals surface area contributed by atoms with Crippen LogP contribution in [0.3, 0.4) is 0 Å². The van der Waals surface area contributed by atoms with Gasteiger partial charge in [0.25, 0.3) is 0 Å². The Morgan fingerprint density at radius 3 is 2.50 bits per heavy atom. The van der Waals surface area contributed by atoms with E-state index in [1.165, 1.54) is 0 Å². The lowest BCUT2D eigenvalue weighted by atomic mass is 10.1. The Hall–Kier alpha value is -0.760. The standard InChI is InChI=1S/C10H15NO/c12-10(6-2-3-7-10)11-8-4-1-5-9-11/h1,4-5,8,12H,2-3,6-7,9H2. The van der Waals surface area contributed by atoms with E-state index in [1.54, 1.807) is 0 Å². The number of nitrogens with zero attached hydrogens (tertiary/aromatic N) is 1. The number of aliphatic hydroxyl groups is 1. The molecular weight excluding hydrogens is 150 g/mol. The van der Waals surface area contributed by atoms with Gasteiger partial charge >= 0.3 is 0 Å². The molecule has 0 aromatic carbocycles. The van der Waals surface area contributed by atoms with E-state index in [1.807, 2.05) is 23.3 Å². The summed E-state index contributed by atoms with van der Waals surface area (Å²) in [5.41, 5.74) is -0.540. The van der Waals surface area contributed by atoms with Crippen LogP contribution in [0.1, 0.15) is 25.7 Å². The van der Waals surface area contributed by atoms with Gasteiger partial charge in [-0.25, -0.2) is 0 Å². The third kappa shape index (κ3) is 1.27. The van der Waals surface area contributed by atoms with E-state index in [9.17, 15) is 5.11 Å². The van der Waals surface area contributed by atoms with Crippen LogP contribution in [-0.4, -0.2) is 22.3 Å². The molecule has 66 valence electrons. The molecule has 0 aromatic heterocycles. The van der Waals surface area contributed by atoms with E-state index < -0.39 is 5.72 Å². The van der Waals surface area contributed by atoms with Crippen LogP contribution < -0.4 is 0 Å². The van der Waals surface area contributed by atoms with E-state index in [4.69, 9.17) is 0 Å². The molecule has 2 rings (SSSR count). The molecule has 1 aliphatic heterocycles. The molecular formula is C10H15NO. The third-order valence-electron chi connectivity index (χ3n) is 2.75. The maximum Gasteiger partial charge on any atom is 0.137 e. The topological polar surface area (TPSA) is 23.5 Å². The first-order valence-electron chi connectivity index (χ1n) is 4.64. The van der Waals surface area contributed by atoms with Gasteiger partial charge < -0.3 is 10.0 Å². The fraction of sp³-hybridized carbons (Fsp3) is 0.600. The lowest BCUT2D eigenvalue weighted by molar-refractivity contribution is -0.0715. The van der Waals surface area contributed by atoms with Crippen LogP contribution in [0.5, 0.6) is 0 Å². The molecule has 0 amide bonds. The maximum absolute atomic E-state index is 10.2.